The van der Waals surface area contributed by atoms with Gasteiger partial charge < -0.3 is 0 Å². The Hall–Kier alpha value is 0.484. The number of nitrogens with one attached hydrogen (secondary N) is 3. The Morgan fingerprint density at radius 2 is 1.57 bits per heavy atom. The van der Waals surface area contributed by atoms with Gasteiger partial charge in [-0.05, 0) is 0 Å². The molecule has 6 heteroatoms. The quantitative estimate of drug-likeness (QED) is 0.366. The van der Waals surface area contributed by atoms with Gasteiger partial charge in [0, 0.05) is 0 Å². The van der Waals surface area contributed by atoms with Crippen LogP contribution in [0, 0.1) is 0 Å². The fourth-order valence-corrected chi connectivity index (χ4v) is 1.59. The first-order valence-corrected chi connectivity index (χ1v) is 5.74. The fraction of sp³-hybridized carbons (Fsp3) is 1.00. The van der Waals surface area contributed by atoms with Crippen molar-refractivity contribution >= 4 is 0 Å². The molecule has 0 spiro atoms. The average molecular weight is 237 g/mol. The van der Waals surface area contributed by atoms with Gasteiger partial charge in [0.2, 0.25) is 0 Å². The normalized spacial score (nSPS) is 29.0. The third kappa shape index (κ3) is 5.39. The zero-order valence-electron chi connectivity index (χ0n) is 8.35. The van der Waals surface area contributed by atoms with Crippen molar-refractivity contribution in [3.8, 4) is 0 Å². The number of halogens is 1. The van der Waals surface area contributed by atoms with Crippen LogP contribution in [0.25, 0.3) is 0 Å². The van der Waals surface area contributed by atoms with Crippen LogP contribution in [0.3, 0.4) is 0 Å². The fourth-order valence-electron chi connectivity index (χ4n) is 1.27. The third-order valence-corrected chi connectivity index (χ3v) is 2.92. The zero-order chi connectivity index (χ0) is 10.2. The van der Waals surface area contributed by atoms with E-state index in [4.69, 9.17) is 0 Å². The number of nitrogens with zero attached hydrogens (tertiary/aromatic N) is 1. The molecule has 1 unspecified atom stereocenters. The van der Waals surface area contributed by atoms with E-state index in [2.05, 4.69) is 16.0 Å². The molecule has 4 nitrogen and oxygen atoms in total. The van der Waals surface area contributed by atoms with Gasteiger partial charge in [-0.2, -0.15) is 0 Å². The number of alkyl halides is 1. The van der Waals surface area contributed by atoms with Crippen LogP contribution in [-0.2, 0) is 20.7 Å². The van der Waals surface area contributed by atoms with E-state index in [1.807, 2.05) is 20.7 Å². The monoisotopic (exact) mass is 237 g/mol. The van der Waals surface area contributed by atoms with Gasteiger partial charge in [0.1, 0.15) is 0 Å². The van der Waals surface area contributed by atoms with Crippen LogP contribution in [0.2, 0.25) is 0 Å². The first-order valence-electron chi connectivity index (χ1n) is 5.05. The minimum absolute atomic E-state index is 0.415. The minimum atomic E-state index is -0.878. The van der Waals surface area contributed by atoms with E-state index >= 15 is 0 Å². The van der Waals surface area contributed by atoms with E-state index in [9.17, 15) is 4.39 Å². The summed E-state index contributed by atoms with van der Waals surface area (Å²) in [6.07, 6.45) is -0.878. The summed E-state index contributed by atoms with van der Waals surface area (Å²) in [4.78, 5) is 0. The van der Waals surface area contributed by atoms with Crippen molar-refractivity contribution in [2.24, 2.45) is 0 Å². The predicted molar refractivity (Wildman–Crippen MR) is 50.2 cm³/mol. The first kappa shape index (κ1) is 12.6. The average Bonchev–Trinajstić information content (AvgIpc) is 2.18. The predicted octanol–water partition coefficient (Wildman–Crippen LogP) is -1.17. The molecule has 1 heterocycles. The summed E-state index contributed by atoms with van der Waals surface area (Å²) in [6, 6.07) is 0. The van der Waals surface area contributed by atoms with Crippen molar-refractivity contribution in [3.63, 3.8) is 0 Å². The summed E-state index contributed by atoms with van der Waals surface area (Å²) in [5.74, 6) is 0. The van der Waals surface area contributed by atoms with Crippen LogP contribution in [-0.4, -0.2) is 55.5 Å². The molecule has 0 radical (unpaired) electrons. The summed E-state index contributed by atoms with van der Waals surface area (Å²) < 4.78 is 15.1. The Bertz CT molecular complexity index is 133. The molecule has 0 aromatic rings. The summed E-state index contributed by atoms with van der Waals surface area (Å²) in [6.45, 7) is 5.67. The van der Waals surface area contributed by atoms with Gasteiger partial charge in [-0.1, -0.05) is 0 Å². The number of hydrogen-bond acceptors (Lipinski definition) is 4. The summed E-state index contributed by atoms with van der Waals surface area (Å²) in [5, 5.41) is 9.61. The molecule has 0 amide bonds. The number of hydrogen-bond donors (Lipinski definition) is 3. The van der Waals surface area contributed by atoms with E-state index < -0.39 is 6.30 Å². The van der Waals surface area contributed by atoms with Gasteiger partial charge in [-0.25, -0.2) is 0 Å². The molecular weight excluding hydrogens is 219 g/mol. The molecule has 1 aliphatic heterocycles. The van der Waals surface area contributed by atoms with Crippen molar-refractivity contribution in [3.05, 3.63) is 0 Å². The standard InChI is InChI=1S/C8H18FN4.Ti/c9-8-7-12-4-3-10-1-2-11-5-6-13-8;/h8,10-12H,1-7H2;/q-1;+1. The maximum atomic E-state index is 13.4. The molecule has 1 fully saturated rings. The van der Waals surface area contributed by atoms with E-state index in [1.165, 1.54) is 0 Å². The van der Waals surface area contributed by atoms with Gasteiger partial charge in [-0.3, -0.25) is 0 Å². The van der Waals surface area contributed by atoms with Gasteiger partial charge >= 0.3 is 96.5 Å². The Morgan fingerprint density at radius 3 is 2.29 bits per heavy atom. The van der Waals surface area contributed by atoms with Gasteiger partial charge in [0.25, 0.3) is 0 Å². The molecule has 1 saturated heterocycles. The van der Waals surface area contributed by atoms with E-state index in [0.717, 1.165) is 39.3 Å². The molecule has 81 valence electrons. The topological polar surface area (TPSA) is 39.3 Å². The van der Waals surface area contributed by atoms with Crippen LogP contribution >= 0.6 is 0 Å². The second-order valence-corrected chi connectivity index (χ2v) is 4.23. The first-order chi connectivity index (χ1) is 6.80. The molecule has 14 heavy (non-hydrogen) atoms. The molecule has 0 bridgehead atoms. The molecule has 0 aromatic carbocycles. The van der Waals surface area contributed by atoms with E-state index in [-0.39, 0.29) is 0 Å². The van der Waals surface area contributed by atoms with Crippen LogP contribution in [0.15, 0.2) is 0 Å². The second-order valence-electron chi connectivity index (χ2n) is 3.33. The zero-order valence-corrected chi connectivity index (χ0v) is 9.91. The van der Waals surface area contributed by atoms with E-state index in [0.29, 0.717) is 6.54 Å². The van der Waals surface area contributed by atoms with Crippen LogP contribution in [0.5, 0.6) is 0 Å². The molecule has 1 atom stereocenters. The second kappa shape index (κ2) is 7.73. The van der Waals surface area contributed by atoms with Gasteiger partial charge in [-0.15, -0.1) is 0 Å². The molecule has 0 aromatic heterocycles. The summed E-state index contributed by atoms with van der Waals surface area (Å²) in [5.41, 5.74) is 0. The summed E-state index contributed by atoms with van der Waals surface area (Å²) >= 11 is 1.82. The molecule has 0 aliphatic carbocycles. The number of rotatable bonds is 0. The van der Waals surface area contributed by atoms with Crippen molar-refractivity contribution in [2.45, 2.75) is 6.30 Å². The van der Waals surface area contributed by atoms with Crippen LogP contribution in [0.4, 0.5) is 4.39 Å². The van der Waals surface area contributed by atoms with Crippen molar-refractivity contribution in [2.75, 3.05) is 45.8 Å². The van der Waals surface area contributed by atoms with Crippen molar-refractivity contribution < 1.29 is 25.1 Å². The van der Waals surface area contributed by atoms with Crippen molar-refractivity contribution in [1.82, 2.24) is 19.3 Å². The molecule has 0 saturated carbocycles. The van der Waals surface area contributed by atoms with Crippen molar-refractivity contribution in [1.29, 1.82) is 0 Å². The Labute approximate surface area is 96.7 Å². The summed E-state index contributed by atoms with van der Waals surface area (Å²) in [7, 11) is 0. The molecule has 1 aliphatic rings. The molecular formula is C8H18FN4Ti. The SMILES string of the molecule is FC1CNCCNCCNCC[N]1[Ti]. The Balaban J connectivity index is 2.23. The van der Waals surface area contributed by atoms with Crippen LogP contribution < -0.4 is 16.0 Å². The molecule has 3 N–H and O–H groups in total. The molecule has 1 rings (SSSR count). The van der Waals surface area contributed by atoms with E-state index in [1.54, 1.807) is 3.38 Å². The third-order valence-electron chi connectivity index (χ3n) is 2.14. The van der Waals surface area contributed by atoms with Crippen LogP contribution in [0.1, 0.15) is 0 Å². The van der Waals surface area contributed by atoms with Gasteiger partial charge in [0.15, 0.2) is 0 Å². The Kier molecular flexibility index (Phi) is 6.93. The Morgan fingerprint density at radius 1 is 1.00 bits per heavy atom. The van der Waals surface area contributed by atoms with Gasteiger partial charge in [0.05, 0.1) is 0 Å². The maximum absolute atomic E-state index is 13.4.